The molecule has 2 aromatic rings. The number of amides is 1. The molecule has 2 rings (SSSR count). The van der Waals surface area contributed by atoms with Crippen LogP contribution >= 0.6 is 0 Å². The molecule has 0 saturated heterocycles. The molecular formula is C17H17N3O4. The zero-order chi connectivity index (χ0) is 17.4. The van der Waals surface area contributed by atoms with Crippen molar-refractivity contribution >= 4 is 17.8 Å². The lowest BCUT2D eigenvalue weighted by atomic mass is 10.0. The number of benzene rings is 2. The van der Waals surface area contributed by atoms with Crippen molar-refractivity contribution in [2.75, 3.05) is 6.61 Å². The van der Waals surface area contributed by atoms with Crippen molar-refractivity contribution < 1.29 is 14.5 Å². The van der Waals surface area contributed by atoms with Crippen LogP contribution in [0.1, 0.15) is 18.4 Å². The van der Waals surface area contributed by atoms with E-state index in [0.29, 0.717) is 0 Å². The first-order valence-electron chi connectivity index (χ1n) is 7.31. The summed E-state index contributed by atoms with van der Waals surface area (Å²) < 4.78 is 5.17. The number of hydrazone groups is 1. The molecule has 0 bridgehead atoms. The summed E-state index contributed by atoms with van der Waals surface area (Å²) in [6.45, 7) is 1.59. The molecular weight excluding hydrogens is 310 g/mol. The lowest BCUT2D eigenvalue weighted by molar-refractivity contribution is -0.385. The Balaban J connectivity index is 1.84. The third-order valence-electron chi connectivity index (χ3n) is 3.23. The van der Waals surface area contributed by atoms with Gasteiger partial charge >= 0.3 is 5.69 Å². The predicted molar refractivity (Wildman–Crippen MR) is 90.1 cm³/mol. The van der Waals surface area contributed by atoms with E-state index in [0.717, 1.165) is 5.56 Å². The Bertz CT molecular complexity index is 732. The van der Waals surface area contributed by atoms with Crippen LogP contribution in [0.15, 0.2) is 59.7 Å². The number of hydrogen-bond donors (Lipinski definition) is 1. The van der Waals surface area contributed by atoms with Gasteiger partial charge in [-0.15, -0.1) is 0 Å². The van der Waals surface area contributed by atoms with Gasteiger partial charge in [0.2, 0.25) is 0 Å². The molecule has 124 valence electrons. The first kappa shape index (κ1) is 17.1. The standard InChI is InChI=1S/C17H17N3O4/c1-13(14-7-3-2-4-8-14)11-18-19-17(21)12-24-16-10-6-5-9-15(16)20(22)23/h2-11,13H,12H2,1H3,(H,19,21)/b18-11-/t13-/m0/s1. The number of nitrogens with one attached hydrogen (secondary N) is 1. The molecule has 1 N–H and O–H groups in total. The number of nitro groups is 1. The fourth-order valence-corrected chi connectivity index (χ4v) is 1.97. The van der Waals surface area contributed by atoms with Crippen LogP contribution in [0.5, 0.6) is 5.75 Å². The molecule has 0 radical (unpaired) electrons. The normalized spacial score (nSPS) is 11.9. The lowest BCUT2D eigenvalue weighted by Gasteiger charge is -2.07. The molecule has 7 nitrogen and oxygen atoms in total. The van der Waals surface area contributed by atoms with Crippen LogP contribution in [0.2, 0.25) is 0 Å². The molecule has 24 heavy (non-hydrogen) atoms. The van der Waals surface area contributed by atoms with Crippen molar-refractivity contribution in [1.29, 1.82) is 0 Å². The van der Waals surface area contributed by atoms with Crippen molar-refractivity contribution in [3.8, 4) is 5.75 Å². The summed E-state index contributed by atoms with van der Waals surface area (Å²) in [5, 5.41) is 14.7. The van der Waals surface area contributed by atoms with Gasteiger partial charge in [-0.2, -0.15) is 5.10 Å². The molecule has 2 aromatic carbocycles. The van der Waals surface area contributed by atoms with Crippen molar-refractivity contribution in [3.63, 3.8) is 0 Å². The van der Waals surface area contributed by atoms with Crippen molar-refractivity contribution in [2.24, 2.45) is 5.10 Å². The zero-order valence-electron chi connectivity index (χ0n) is 13.1. The Morgan fingerprint density at radius 1 is 1.25 bits per heavy atom. The summed E-state index contributed by atoms with van der Waals surface area (Å²) in [6, 6.07) is 15.6. The van der Waals surface area contributed by atoms with Crippen molar-refractivity contribution in [2.45, 2.75) is 12.8 Å². The van der Waals surface area contributed by atoms with Gasteiger partial charge in [-0.1, -0.05) is 49.4 Å². The summed E-state index contributed by atoms with van der Waals surface area (Å²) in [4.78, 5) is 22.0. The molecule has 0 aliphatic carbocycles. The van der Waals surface area contributed by atoms with Gasteiger partial charge in [0.05, 0.1) is 4.92 Å². The Morgan fingerprint density at radius 2 is 1.92 bits per heavy atom. The van der Waals surface area contributed by atoms with Gasteiger partial charge < -0.3 is 4.74 Å². The lowest BCUT2D eigenvalue weighted by Crippen LogP contribution is -2.25. The molecule has 0 fully saturated rings. The predicted octanol–water partition coefficient (Wildman–Crippen LogP) is 2.88. The summed E-state index contributed by atoms with van der Waals surface area (Å²) in [6.07, 6.45) is 1.61. The van der Waals surface area contributed by atoms with E-state index in [2.05, 4.69) is 10.5 Å². The number of para-hydroxylation sites is 2. The minimum absolute atomic E-state index is 0.0410. The van der Waals surface area contributed by atoms with Crippen LogP contribution in [0.25, 0.3) is 0 Å². The van der Waals surface area contributed by atoms with Gasteiger partial charge in [0, 0.05) is 18.2 Å². The summed E-state index contributed by atoms with van der Waals surface area (Å²) in [5.74, 6) is -0.411. The second kappa shape index (κ2) is 8.42. The molecule has 1 atom stereocenters. The summed E-state index contributed by atoms with van der Waals surface area (Å²) in [7, 11) is 0. The van der Waals surface area contributed by atoms with E-state index < -0.39 is 10.8 Å². The van der Waals surface area contributed by atoms with E-state index in [1.165, 1.54) is 18.2 Å². The molecule has 7 heteroatoms. The first-order chi connectivity index (χ1) is 11.6. The second-order valence-electron chi connectivity index (χ2n) is 5.03. The van der Waals surface area contributed by atoms with Crippen LogP contribution in [0, 0.1) is 10.1 Å². The highest BCUT2D eigenvalue weighted by Crippen LogP contribution is 2.25. The zero-order valence-corrected chi connectivity index (χ0v) is 13.1. The third-order valence-corrected chi connectivity index (χ3v) is 3.23. The quantitative estimate of drug-likeness (QED) is 0.480. The maximum Gasteiger partial charge on any atom is 0.310 e. The first-order valence-corrected chi connectivity index (χ1v) is 7.31. The number of carbonyl (C=O) groups excluding carboxylic acids is 1. The molecule has 0 spiro atoms. The summed E-state index contributed by atoms with van der Waals surface area (Å²) in [5.41, 5.74) is 3.23. The molecule has 0 aliphatic heterocycles. The van der Waals surface area contributed by atoms with Crippen LogP contribution in [-0.2, 0) is 4.79 Å². The highest BCUT2D eigenvalue weighted by Gasteiger charge is 2.14. The highest BCUT2D eigenvalue weighted by atomic mass is 16.6. The van der Waals surface area contributed by atoms with E-state index in [9.17, 15) is 14.9 Å². The number of nitro benzene ring substituents is 1. The SMILES string of the molecule is C[C@@H](/C=N\NC(=O)COc1ccccc1[N+](=O)[O-])c1ccccc1. The second-order valence-corrected chi connectivity index (χ2v) is 5.03. The third kappa shape index (κ3) is 4.91. The monoisotopic (exact) mass is 327 g/mol. The average Bonchev–Trinajstić information content (AvgIpc) is 2.60. The minimum Gasteiger partial charge on any atom is -0.477 e. The maximum absolute atomic E-state index is 11.7. The Labute approximate surface area is 139 Å². The van der Waals surface area contributed by atoms with Crippen LogP contribution < -0.4 is 10.2 Å². The molecule has 0 unspecified atom stereocenters. The van der Waals surface area contributed by atoms with E-state index in [1.54, 1.807) is 12.3 Å². The highest BCUT2D eigenvalue weighted by molar-refractivity contribution is 5.79. The van der Waals surface area contributed by atoms with Crippen LogP contribution in [-0.4, -0.2) is 23.7 Å². The number of ether oxygens (including phenoxy) is 1. The number of nitrogens with zero attached hydrogens (tertiary/aromatic N) is 2. The topological polar surface area (TPSA) is 93.8 Å². The van der Waals surface area contributed by atoms with E-state index >= 15 is 0 Å². The van der Waals surface area contributed by atoms with Gasteiger partial charge in [-0.05, 0) is 11.6 Å². The molecule has 0 aliphatic rings. The van der Waals surface area contributed by atoms with Gasteiger partial charge in [-0.25, -0.2) is 5.43 Å². The van der Waals surface area contributed by atoms with Gasteiger partial charge in [0.25, 0.3) is 5.91 Å². The average molecular weight is 327 g/mol. The smallest absolute Gasteiger partial charge is 0.310 e. The minimum atomic E-state index is -0.563. The van der Waals surface area contributed by atoms with Crippen molar-refractivity contribution in [3.05, 3.63) is 70.3 Å². The largest absolute Gasteiger partial charge is 0.477 e. The molecule has 0 aromatic heterocycles. The molecule has 1 amide bonds. The fraction of sp³-hybridized carbons (Fsp3) is 0.176. The van der Waals surface area contributed by atoms with Gasteiger partial charge in [0.15, 0.2) is 12.4 Å². The molecule has 0 saturated carbocycles. The van der Waals surface area contributed by atoms with Gasteiger partial charge in [0.1, 0.15) is 0 Å². The Hall–Kier alpha value is -3.22. The van der Waals surface area contributed by atoms with Crippen molar-refractivity contribution in [1.82, 2.24) is 5.43 Å². The van der Waals surface area contributed by atoms with Crippen LogP contribution in [0.3, 0.4) is 0 Å². The Kier molecular flexibility index (Phi) is 6.01. The fourth-order valence-electron chi connectivity index (χ4n) is 1.97. The van der Waals surface area contributed by atoms with Crippen LogP contribution in [0.4, 0.5) is 5.69 Å². The van der Waals surface area contributed by atoms with E-state index in [4.69, 9.17) is 4.74 Å². The van der Waals surface area contributed by atoms with E-state index in [1.807, 2.05) is 37.3 Å². The van der Waals surface area contributed by atoms with E-state index in [-0.39, 0.29) is 24.0 Å². The van der Waals surface area contributed by atoms with Gasteiger partial charge in [-0.3, -0.25) is 14.9 Å². The Morgan fingerprint density at radius 3 is 2.62 bits per heavy atom. The number of carbonyl (C=O) groups is 1. The maximum atomic E-state index is 11.7. The summed E-state index contributed by atoms with van der Waals surface area (Å²) >= 11 is 0. The number of rotatable bonds is 7. The molecule has 0 heterocycles. The number of hydrogen-bond acceptors (Lipinski definition) is 5.